The van der Waals surface area contributed by atoms with Gasteiger partial charge in [0.15, 0.2) is 0 Å². The molecule has 0 aliphatic carbocycles. The molecule has 18 heavy (non-hydrogen) atoms. The van der Waals surface area contributed by atoms with Gasteiger partial charge in [-0.25, -0.2) is 4.39 Å². The molecule has 0 bridgehead atoms. The van der Waals surface area contributed by atoms with Gasteiger partial charge in [-0.1, -0.05) is 29.8 Å². The molecule has 1 heterocycles. The summed E-state index contributed by atoms with van der Waals surface area (Å²) in [6.07, 6.45) is 0.944. The van der Waals surface area contributed by atoms with Crippen molar-refractivity contribution in [3.05, 3.63) is 52.8 Å². The van der Waals surface area contributed by atoms with Gasteiger partial charge in [0.05, 0.1) is 16.4 Å². The smallest absolute Gasteiger partial charge is 0.144 e. The van der Waals surface area contributed by atoms with Crippen LogP contribution >= 0.6 is 11.6 Å². The Labute approximate surface area is 110 Å². The standard InChI is InChI=1S/C14H12ClFN2/c15-10-7-12(17)14(8-11(10)16)18-6-5-9-3-1-2-4-13(9)18/h1-4,7-8H,5-6,17H2. The Kier molecular flexibility index (Phi) is 2.63. The van der Waals surface area contributed by atoms with Crippen molar-refractivity contribution in [2.45, 2.75) is 6.42 Å². The number of hydrogen-bond donors (Lipinski definition) is 1. The summed E-state index contributed by atoms with van der Waals surface area (Å²) < 4.78 is 13.6. The lowest BCUT2D eigenvalue weighted by Gasteiger charge is -2.21. The number of anilines is 3. The number of nitrogens with zero attached hydrogens (tertiary/aromatic N) is 1. The molecule has 0 radical (unpaired) electrons. The topological polar surface area (TPSA) is 29.3 Å². The SMILES string of the molecule is Nc1cc(Cl)c(F)cc1N1CCc2ccccc21. The van der Waals surface area contributed by atoms with Crippen molar-refractivity contribution in [1.29, 1.82) is 0 Å². The molecule has 0 saturated carbocycles. The second-order valence-corrected chi connectivity index (χ2v) is 4.76. The van der Waals surface area contributed by atoms with E-state index in [-0.39, 0.29) is 5.02 Å². The molecule has 2 aromatic carbocycles. The zero-order valence-electron chi connectivity index (χ0n) is 9.66. The Morgan fingerprint density at radius 3 is 2.78 bits per heavy atom. The Balaban J connectivity index is 2.10. The van der Waals surface area contributed by atoms with Crippen LogP contribution in [0.2, 0.25) is 5.02 Å². The number of hydrogen-bond acceptors (Lipinski definition) is 2. The maximum Gasteiger partial charge on any atom is 0.144 e. The number of halogens is 2. The van der Waals surface area contributed by atoms with Crippen molar-refractivity contribution < 1.29 is 4.39 Å². The minimum atomic E-state index is -0.440. The highest BCUT2D eigenvalue weighted by atomic mass is 35.5. The molecule has 0 fully saturated rings. The fourth-order valence-electron chi connectivity index (χ4n) is 2.37. The van der Waals surface area contributed by atoms with E-state index >= 15 is 0 Å². The molecule has 0 unspecified atom stereocenters. The molecule has 4 heteroatoms. The van der Waals surface area contributed by atoms with E-state index in [1.54, 1.807) is 0 Å². The Bertz CT molecular complexity index is 613. The predicted molar refractivity (Wildman–Crippen MR) is 73.0 cm³/mol. The number of nitrogen functional groups attached to an aromatic ring is 1. The van der Waals surface area contributed by atoms with Crippen molar-refractivity contribution >= 4 is 28.7 Å². The third-order valence-electron chi connectivity index (χ3n) is 3.25. The van der Waals surface area contributed by atoms with Crippen LogP contribution in [0.4, 0.5) is 21.5 Å². The van der Waals surface area contributed by atoms with Gasteiger partial charge in [0, 0.05) is 18.3 Å². The van der Waals surface area contributed by atoms with Crippen LogP contribution in [0.3, 0.4) is 0 Å². The molecule has 1 aliphatic rings. The van der Waals surface area contributed by atoms with Gasteiger partial charge in [0.1, 0.15) is 5.82 Å². The summed E-state index contributed by atoms with van der Waals surface area (Å²) in [7, 11) is 0. The Morgan fingerprint density at radius 2 is 1.94 bits per heavy atom. The van der Waals surface area contributed by atoms with E-state index in [0.717, 1.165) is 18.7 Å². The lowest BCUT2D eigenvalue weighted by molar-refractivity contribution is 0.628. The van der Waals surface area contributed by atoms with Crippen LogP contribution < -0.4 is 10.6 Å². The number of para-hydroxylation sites is 1. The maximum atomic E-state index is 13.6. The first-order valence-corrected chi connectivity index (χ1v) is 6.14. The van der Waals surface area contributed by atoms with Gasteiger partial charge in [-0.3, -0.25) is 0 Å². The van der Waals surface area contributed by atoms with Crippen LogP contribution in [0.5, 0.6) is 0 Å². The molecule has 3 rings (SSSR count). The van der Waals surface area contributed by atoms with Gasteiger partial charge < -0.3 is 10.6 Å². The van der Waals surface area contributed by atoms with Gasteiger partial charge in [0.25, 0.3) is 0 Å². The molecule has 92 valence electrons. The van der Waals surface area contributed by atoms with Crippen LogP contribution in [0, 0.1) is 5.82 Å². The number of fused-ring (bicyclic) bond motifs is 1. The first kappa shape index (κ1) is 11.4. The van der Waals surface area contributed by atoms with Crippen molar-refractivity contribution in [1.82, 2.24) is 0 Å². The van der Waals surface area contributed by atoms with Crippen molar-refractivity contribution in [2.24, 2.45) is 0 Å². The van der Waals surface area contributed by atoms with Crippen molar-refractivity contribution in [3.63, 3.8) is 0 Å². The van der Waals surface area contributed by atoms with Crippen LogP contribution in [-0.4, -0.2) is 6.54 Å². The summed E-state index contributed by atoms with van der Waals surface area (Å²) in [6.45, 7) is 0.810. The van der Waals surface area contributed by atoms with Gasteiger partial charge >= 0.3 is 0 Å². The zero-order valence-corrected chi connectivity index (χ0v) is 10.4. The normalized spacial score (nSPS) is 13.8. The van der Waals surface area contributed by atoms with Gasteiger partial charge in [-0.05, 0) is 24.1 Å². The minimum Gasteiger partial charge on any atom is -0.397 e. The molecule has 2 aromatic rings. The summed E-state index contributed by atoms with van der Waals surface area (Å²) >= 11 is 5.72. The highest BCUT2D eigenvalue weighted by Gasteiger charge is 2.22. The van der Waals surface area contributed by atoms with E-state index in [2.05, 4.69) is 6.07 Å². The minimum absolute atomic E-state index is 0.0590. The predicted octanol–water partition coefficient (Wildman–Crippen LogP) is 3.76. The van der Waals surface area contributed by atoms with E-state index in [0.29, 0.717) is 11.4 Å². The van der Waals surface area contributed by atoms with Crippen LogP contribution in [0.25, 0.3) is 0 Å². The first-order chi connectivity index (χ1) is 8.66. The summed E-state index contributed by atoms with van der Waals surface area (Å²) in [4.78, 5) is 2.03. The molecule has 1 aliphatic heterocycles. The van der Waals surface area contributed by atoms with E-state index in [9.17, 15) is 4.39 Å². The Morgan fingerprint density at radius 1 is 1.17 bits per heavy atom. The summed E-state index contributed by atoms with van der Waals surface area (Å²) in [6, 6.07) is 11.0. The quantitative estimate of drug-likeness (QED) is 0.793. The zero-order chi connectivity index (χ0) is 12.7. The molecular formula is C14H12ClFN2. The van der Waals surface area contributed by atoms with E-state index < -0.39 is 5.82 Å². The van der Waals surface area contributed by atoms with E-state index in [1.165, 1.54) is 17.7 Å². The molecule has 0 atom stereocenters. The number of rotatable bonds is 1. The lowest BCUT2D eigenvalue weighted by Crippen LogP contribution is -2.15. The highest BCUT2D eigenvalue weighted by Crippen LogP contribution is 2.38. The average molecular weight is 263 g/mol. The van der Waals surface area contributed by atoms with Crippen LogP contribution in [0.15, 0.2) is 36.4 Å². The number of benzene rings is 2. The summed E-state index contributed by atoms with van der Waals surface area (Å²) in [5, 5.41) is 0.0590. The average Bonchev–Trinajstić information content (AvgIpc) is 2.78. The molecule has 0 saturated heterocycles. The summed E-state index contributed by atoms with van der Waals surface area (Å²) in [5.41, 5.74) is 9.46. The second kappa shape index (κ2) is 4.18. The lowest BCUT2D eigenvalue weighted by atomic mass is 10.2. The Hall–Kier alpha value is -1.74. The van der Waals surface area contributed by atoms with Gasteiger partial charge in [-0.2, -0.15) is 0 Å². The molecule has 0 spiro atoms. The molecule has 2 nitrogen and oxygen atoms in total. The van der Waals surface area contributed by atoms with Crippen molar-refractivity contribution in [3.8, 4) is 0 Å². The van der Waals surface area contributed by atoms with Crippen LogP contribution in [0.1, 0.15) is 5.56 Å². The molecule has 0 amide bonds. The van der Waals surface area contributed by atoms with Gasteiger partial charge in [0.2, 0.25) is 0 Å². The first-order valence-electron chi connectivity index (χ1n) is 5.77. The van der Waals surface area contributed by atoms with E-state index in [4.69, 9.17) is 17.3 Å². The number of nitrogens with two attached hydrogens (primary N) is 1. The van der Waals surface area contributed by atoms with Gasteiger partial charge in [-0.15, -0.1) is 0 Å². The third kappa shape index (κ3) is 1.71. The molecule has 2 N–H and O–H groups in total. The fraction of sp³-hybridized carbons (Fsp3) is 0.143. The van der Waals surface area contributed by atoms with Crippen LogP contribution in [-0.2, 0) is 6.42 Å². The van der Waals surface area contributed by atoms with E-state index in [1.807, 2.05) is 23.1 Å². The third-order valence-corrected chi connectivity index (χ3v) is 3.54. The monoisotopic (exact) mass is 262 g/mol. The van der Waals surface area contributed by atoms with Crippen molar-refractivity contribution in [2.75, 3.05) is 17.2 Å². The summed E-state index contributed by atoms with van der Waals surface area (Å²) in [5.74, 6) is -0.440. The second-order valence-electron chi connectivity index (χ2n) is 4.36. The maximum absolute atomic E-state index is 13.6. The molecule has 0 aromatic heterocycles. The largest absolute Gasteiger partial charge is 0.397 e. The highest BCUT2D eigenvalue weighted by molar-refractivity contribution is 6.31. The fourth-order valence-corrected chi connectivity index (χ4v) is 2.55. The molecular weight excluding hydrogens is 251 g/mol.